The Bertz CT molecular complexity index is 871. The summed E-state index contributed by atoms with van der Waals surface area (Å²) in [5.41, 5.74) is 0.515. The van der Waals surface area contributed by atoms with Crippen LogP contribution in [0.5, 0.6) is 0 Å². The van der Waals surface area contributed by atoms with Crippen LogP contribution in [0.3, 0.4) is 0 Å². The van der Waals surface area contributed by atoms with Crippen LogP contribution in [0.25, 0.3) is 0 Å². The number of urea groups is 1. The zero-order valence-corrected chi connectivity index (χ0v) is 15.6. The number of hydrogen-bond donors (Lipinski definition) is 0. The highest BCUT2D eigenvalue weighted by atomic mass is 19.1. The zero-order chi connectivity index (χ0) is 19.6. The molecule has 8 heteroatoms. The number of carbonyl (C=O) groups excluding carboxylic acids is 1. The Balaban J connectivity index is 1.91. The fourth-order valence-corrected chi connectivity index (χ4v) is 2.90. The number of carbonyl (C=O) groups is 1. The minimum atomic E-state index is -0.346. The molecule has 1 saturated heterocycles. The number of hydrogen-bond acceptors (Lipinski definition) is 5. The van der Waals surface area contributed by atoms with E-state index in [1.807, 2.05) is 6.07 Å². The summed E-state index contributed by atoms with van der Waals surface area (Å²) in [6.07, 6.45) is 1.51. The van der Waals surface area contributed by atoms with Crippen molar-refractivity contribution in [3.63, 3.8) is 0 Å². The SMILES string of the molecule is CC(C)(C)CN(c1ccnc(C#N)n1)N1CCN(c2ccc(F)cc2)C1=O. The molecule has 0 bridgehead atoms. The van der Waals surface area contributed by atoms with Gasteiger partial charge in [-0.15, -0.1) is 0 Å². The Morgan fingerprint density at radius 3 is 2.56 bits per heavy atom. The van der Waals surface area contributed by atoms with Crippen molar-refractivity contribution in [3.05, 3.63) is 48.2 Å². The van der Waals surface area contributed by atoms with E-state index >= 15 is 0 Å². The molecule has 2 aromatic rings. The van der Waals surface area contributed by atoms with E-state index in [0.717, 1.165) is 0 Å². The lowest BCUT2D eigenvalue weighted by molar-refractivity contribution is 0.207. The monoisotopic (exact) mass is 368 g/mol. The van der Waals surface area contributed by atoms with Gasteiger partial charge in [0.1, 0.15) is 11.9 Å². The molecule has 0 unspecified atom stereocenters. The van der Waals surface area contributed by atoms with Gasteiger partial charge in [-0.05, 0) is 29.7 Å². The second-order valence-electron chi connectivity index (χ2n) is 7.50. The van der Waals surface area contributed by atoms with Crippen LogP contribution in [0.2, 0.25) is 0 Å². The summed E-state index contributed by atoms with van der Waals surface area (Å²) in [6.45, 7) is 7.64. The van der Waals surface area contributed by atoms with Crippen LogP contribution in [0, 0.1) is 22.6 Å². The normalized spacial score (nSPS) is 14.4. The van der Waals surface area contributed by atoms with Gasteiger partial charge in [0.15, 0.2) is 5.82 Å². The predicted molar refractivity (Wildman–Crippen MR) is 99.4 cm³/mol. The Morgan fingerprint density at radius 1 is 1.22 bits per heavy atom. The Kier molecular flexibility index (Phi) is 4.95. The number of hydrazine groups is 1. The molecule has 3 rings (SSSR count). The molecular weight excluding hydrogens is 347 g/mol. The highest BCUT2D eigenvalue weighted by Crippen LogP contribution is 2.27. The number of benzene rings is 1. The molecular formula is C19H21FN6O. The van der Waals surface area contributed by atoms with Crippen LogP contribution >= 0.6 is 0 Å². The first-order chi connectivity index (χ1) is 12.8. The van der Waals surface area contributed by atoms with E-state index in [1.54, 1.807) is 33.1 Å². The molecule has 2 amide bonds. The molecule has 1 aliphatic heterocycles. The Morgan fingerprint density at radius 2 is 1.93 bits per heavy atom. The van der Waals surface area contributed by atoms with E-state index in [2.05, 4.69) is 30.7 Å². The molecule has 0 aliphatic carbocycles. The lowest BCUT2D eigenvalue weighted by atomic mass is 9.96. The van der Waals surface area contributed by atoms with Gasteiger partial charge in [0.05, 0.1) is 6.54 Å². The van der Waals surface area contributed by atoms with Gasteiger partial charge in [0, 0.05) is 31.0 Å². The fraction of sp³-hybridized carbons (Fsp3) is 0.368. The third kappa shape index (κ3) is 4.14. The highest BCUT2D eigenvalue weighted by molar-refractivity contribution is 5.95. The van der Waals surface area contributed by atoms with Crippen LogP contribution < -0.4 is 9.91 Å². The van der Waals surface area contributed by atoms with Crippen molar-refractivity contribution in [2.75, 3.05) is 29.5 Å². The molecule has 2 heterocycles. The molecule has 1 aliphatic rings. The minimum absolute atomic E-state index is 0.0495. The third-order valence-corrected chi connectivity index (χ3v) is 4.05. The van der Waals surface area contributed by atoms with Gasteiger partial charge in [-0.2, -0.15) is 10.2 Å². The van der Waals surface area contributed by atoms with Crippen LogP contribution in [0.4, 0.5) is 20.7 Å². The second-order valence-corrected chi connectivity index (χ2v) is 7.50. The Hall–Kier alpha value is -3.21. The molecule has 140 valence electrons. The van der Waals surface area contributed by atoms with E-state index in [-0.39, 0.29) is 23.1 Å². The zero-order valence-electron chi connectivity index (χ0n) is 15.6. The van der Waals surface area contributed by atoms with Crippen LogP contribution in [-0.2, 0) is 0 Å². The molecule has 1 fully saturated rings. The topological polar surface area (TPSA) is 76.4 Å². The molecule has 0 saturated carbocycles. The summed E-state index contributed by atoms with van der Waals surface area (Å²) in [5, 5.41) is 12.5. The minimum Gasteiger partial charge on any atom is -0.291 e. The van der Waals surface area contributed by atoms with E-state index in [1.165, 1.54) is 18.3 Å². The third-order valence-electron chi connectivity index (χ3n) is 4.05. The summed E-state index contributed by atoms with van der Waals surface area (Å²) in [5.74, 6) is 0.195. The quantitative estimate of drug-likeness (QED) is 0.828. The first kappa shape index (κ1) is 18.6. The number of anilines is 2. The fourth-order valence-electron chi connectivity index (χ4n) is 2.90. The first-order valence-corrected chi connectivity index (χ1v) is 8.64. The largest absolute Gasteiger partial charge is 0.343 e. The standard InChI is InChI=1S/C19H21FN6O/c1-19(2,3)13-26(17-8-9-22-16(12-21)23-17)25-11-10-24(18(25)27)15-6-4-14(20)5-7-15/h4-9H,10-11,13H2,1-3H3. The van der Waals surface area contributed by atoms with Crippen molar-refractivity contribution in [3.8, 4) is 6.07 Å². The van der Waals surface area contributed by atoms with Crippen molar-refractivity contribution in [1.82, 2.24) is 15.0 Å². The average Bonchev–Trinajstić information content (AvgIpc) is 3.01. The Labute approximate surface area is 157 Å². The lowest BCUT2D eigenvalue weighted by Gasteiger charge is -2.36. The van der Waals surface area contributed by atoms with Gasteiger partial charge in [-0.3, -0.25) is 9.91 Å². The molecule has 27 heavy (non-hydrogen) atoms. The molecule has 0 N–H and O–H groups in total. The summed E-state index contributed by atoms with van der Waals surface area (Å²) < 4.78 is 13.2. The molecule has 1 aromatic heterocycles. The molecule has 7 nitrogen and oxygen atoms in total. The van der Waals surface area contributed by atoms with Gasteiger partial charge in [0.2, 0.25) is 5.82 Å². The van der Waals surface area contributed by atoms with Gasteiger partial charge in [-0.25, -0.2) is 19.2 Å². The lowest BCUT2D eigenvalue weighted by Crippen LogP contribution is -2.49. The van der Waals surface area contributed by atoms with Gasteiger partial charge in [0.25, 0.3) is 0 Å². The van der Waals surface area contributed by atoms with E-state index in [0.29, 0.717) is 31.1 Å². The predicted octanol–water partition coefficient (Wildman–Crippen LogP) is 3.20. The number of nitrogens with zero attached hydrogens (tertiary/aromatic N) is 6. The van der Waals surface area contributed by atoms with Crippen LogP contribution in [0.15, 0.2) is 36.5 Å². The highest BCUT2D eigenvalue weighted by Gasteiger charge is 2.36. The van der Waals surface area contributed by atoms with Crippen molar-refractivity contribution >= 4 is 17.5 Å². The van der Waals surface area contributed by atoms with Gasteiger partial charge < -0.3 is 0 Å². The first-order valence-electron chi connectivity index (χ1n) is 8.64. The van der Waals surface area contributed by atoms with Crippen molar-refractivity contribution in [2.45, 2.75) is 20.8 Å². The van der Waals surface area contributed by atoms with Crippen molar-refractivity contribution in [2.24, 2.45) is 5.41 Å². The number of nitriles is 1. The number of amides is 2. The molecule has 1 aromatic carbocycles. The van der Waals surface area contributed by atoms with Crippen molar-refractivity contribution in [1.29, 1.82) is 5.26 Å². The van der Waals surface area contributed by atoms with E-state index in [4.69, 9.17) is 5.26 Å². The number of rotatable bonds is 4. The van der Waals surface area contributed by atoms with E-state index < -0.39 is 0 Å². The second kappa shape index (κ2) is 7.19. The van der Waals surface area contributed by atoms with E-state index in [9.17, 15) is 9.18 Å². The van der Waals surface area contributed by atoms with Crippen LogP contribution in [0.1, 0.15) is 26.6 Å². The number of halogens is 1. The average molecular weight is 368 g/mol. The number of aromatic nitrogens is 2. The summed E-state index contributed by atoms with van der Waals surface area (Å²) >= 11 is 0. The maximum absolute atomic E-state index is 13.2. The summed E-state index contributed by atoms with van der Waals surface area (Å²) in [6, 6.07) is 9.23. The molecule has 0 atom stereocenters. The smallest absolute Gasteiger partial charge is 0.291 e. The van der Waals surface area contributed by atoms with Crippen molar-refractivity contribution < 1.29 is 9.18 Å². The molecule has 0 spiro atoms. The summed E-state index contributed by atoms with van der Waals surface area (Å²) in [4.78, 5) is 22.8. The maximum Gasteiger partial charge on any atom is 0.343 e. The maximum atomic E-state index is 13.2. The van der Waals surface area contributed by atoms with Gasteiger partial charge >= 0.3 is 6.03 Å². The van der Waals surface area contributed by atoms with Crippen LogP contribution in [-0.4, -0.2) is 40.6 Å². The van der Waals surface area contributed by atoms with Gasteiger partial charge in [-0.1, -0.05) is 20.8 Å². The molecule has 0 radical (unpaired) electrons. The summed E-state index contributed by atoms with van der Waals surface area (Å²) in [7, 11) is 0.